The molecule has 0 saturated carbocycles. The highest BCUT2D eigenvalue weighted by molar-refractivity contribution is 7.80. The first-order chi connectivity index (χ1) is 22.5. The number of hydrogen-bond acceptors (Lipinski definition) is 10. The predicted octanol–water partition coefficient (Wildman–Crippen LogP) is 4.32. The molecule has 4 heterocycles. The van der Waals surface area contributed by atoms with Crippen LogP contribution < -0.4 is 4.74 Å². The molecule has 15 heteroatoms. The molecule has 0 spiro atoms. The number of likely N-dealkylation sites (tertiary alicyclic amines) is 1. The standard InChI is InChI=1S/C31H30FN5O4.CH4O4S/c32-25-14-20(16-33)4-5-23(25)19-41-30-3-1-2-26(35-30)21-8-11-36(12-9-21)18-29-34-27-7-6-22(31(38)39)15-28(27)37(29)17-24-10-13-40-24;1-5-6(2,3)4/h1-7,14-15,21,24H,8-13,17-19H2,(H,38,39);1H3,(H,2,3,4)/t24-;/m0./s1. The number of carbonyl (C=O) groups is 1. The Bertz CT molecular complexity index is 1880. The van der Waals surface area contributed by atoms with Crippen molar-refractivity contribution >= 4 is 27.4 Å². The van der Waals surface area contributed by atoms with Crippen molar-refractivity contribution in [2.75, 3.05) is 26.8 Å². The van der Waals surface area contributed by atoms with E-state index >= 15 is 0 Å². The molecule has 2 aliphatic rings. The number of aromatic carboxylic acids is 1. The molecular weight excluding hydrogens is 633 g/mol. The summed E-state index contributed by atoms with van der Waals surface area (Å²) < 4.78 is 57.5. The van der Waals surface area contributed by atoms with E-state index in [-0.39, 0.29) is 29.8 Å². The molecule has 2 aromatic carbocycles. The van der Waals surface area contributed by atoms with Gasteiger partial charge in [-0.1, -0.05) is 12.1 Å². The second kappa shape index (κ2) is 15.0. The molecule has 47 heavy (non-hydrogen) atoms. The molecular formula is C32H34FN5O8S. The number of pyridine rings is 1. The molecule has 13 nitrogen and oxygen atoms in total. The number of carboxylic acids is 1. The molecule has 2 fully saturated rings. The number of benzene rings is 2. The number of fused-ring (bicyclic) bond motifs is 1. The van der Waals surface area contributed by atoms with Gasteiger partial charge in [-0.15, -0.1) is 0 Å². The summed E-state index contributed by atoms with van der Waals surface area (Å²) in [5.41, 5.74) is 3.47. The van der Waals surface area contributed by atoms with E-state index in [0.717, 1.165) is 68.6 Å². The highest BCUT2D eigenvalue weighted by Crippen LogP contribution is 2.30. The first-order valence-electron chi connectivity index (χ1n) is 14.9. The molecule has 0 unspecified atom stereocenters. The second-order valence-electron chi connectivity index (χ2n) is 11.2. The molecule has 248 valence electrons. The number of carboxylic acid groups (broad SMARTS) is 1. The van der Waals surface area contributed by atoms with Crippen LogP contribution in [0.15, 0.2) is 54.6 Å². The van der Waals surface area contributed by atoms with Crippen molar-refractivity contribution < 1.29 is 40.9 Å². The number of rotatable bonds is 10. The zero-order valence-corrected chi connectivity index (χ0v) is 26.4. The maximum Gasteiger partial charge on any atom is 0.397 e. The molecule has 4 aromatic rings. The Balaban J connectivity index is 0.000000662. The topological polar surface area (TPSA) is 177 Å². The third-order valence-corrected chi connectivity index (χ3v) is 8.56. The van der Waals surface area contributed by atoms with Crippen molar-refractivity contribution in [2.45, 2.75) is 51.0 Å². The summed E-state index contributed by atoms with van der Waals surface area (Å²) >= 11 is 0. The molecule has 1 atom stereocenters. The Kier molecular flexibility index (Phi) is 10.8. The van der Waals surface area contributed by atoms with Gasteiger partial charge in [-0.3, -0.25) is 13.6 Å². The number of nitriles is 1. The number of nitrogens with zero attached hydrogens (tertiary/aromatic N) is 5. The summed E-state index contributed by atoms with van der Waals surface area (Å²) in [6.45, 7) is 3.87. The van der Waals surface area contributed by atoms with Crippen molar-refractivity contribution in [1.29, 1.82) is 5.26 Å². The summed E-state index contributed by atoms with van der Waals surface area (Å²) in [7, 11) is -3.29. The lowest BCUT2D eigenvalue weighted by Crippen LogP contribution is -2.35. The molecule has 2 saturated heterocycles. The summed E-state index contributed by atoms with van der Waals surface area (Å²) in [4.78, 5) is 23.5. The first-order valence-corrected chi connectivity index (χ1v) is 16.3. The van der Waals surface area contributed by atoms with Gasteiger partial charge in [0, 0.05) is 29.8 Å². The van der Waals surface area contributed by atoms with Gasteiger partial charge in [0.15, 0.2) is 0 Å². The lowest BCUT2D eigenvalue weighted by molar-refractivity contribution is -0.0592. The maximum atomic E-state index is 14.2. The summed E-state index contributed by atoms with van der Waals surface area (Å²) in [6, 6.07) is 17.0. The fourth-order valence-electron chi connectivity index (χ4n) is 5.47. The molecule has 0 aliphatic carbocycles. The number of aromatic nitrogens is 3. The zero-order chi connectivity index (χ0) is 33.6. The maximum absolute atomic E-state index is 14.2. The Hall–Kier alpha value is -4.46. The van der Waals surface area contributed by atoms with E-state index in [1.54, 1.807) is 36.4 Å². The van der Waals surface area contributed by atoms with Gasteiger partial charge < -0.3 is 19.1 Å². The fraction of sp³-hybridized carbons (Fsp3) is 0.375. The van der Waals surface area contributed by atoms with Crippen molar-refractivity contribution in [3.8, 4) is 11.9 Å². The highest BCUT2D eigenvalue weighted by atomic mass is 32.3. The molecule has 0 radical (unpaired) electrons. The number of piperidine rings is 1. The van der Waals surface area contributed by atoms with Crippen LogP contribution in [0.5, 0.6) is 5.88 Å². The lowest BCUT2D eigenvalue weighted by atomic mass is 9.93. The first kappa shape index (κ1) is 33.9. The summed E-state index contributed by atoms with van der Waals surface area (Å²) in [5, 5.41) is 18.4. The van der Waals surface area contributed by atoms with E-state index in [0.29, 0.717) is 24.5 Å². The van der Waals surface area contributed by atoms with Gasteiger partial charge in [0.1, 0.15) is 18.2 Å². The van der Waals surface area contributed by atoms with Crippen molar-refractivity contribution in [3.05, 3.63) is 88.6 Å². The Morgan fingerprint density at radius 1 is 1.13 bits per heavy atom. The average Bonchev–Trinajstić information content (AvgIpc) is 3.38. The molecule has 0 amide bonds. The van der Waals surface area contributed by atoms with Gasteiger partial charge >= 0.3 is 16.4 Å². The minimum atomic E-state index is -4.16. The van der Waals surface area contributed by atoms with Gasteiger partial charge in [-0.25, -0.2) is 19.2 Å². The van der Waals surface area contributed by atoms with Gasteiger partial charge in [-0.2, -0.15) is 13.7 Å². The number of hydrogen-bond donors (Lipinski definition) is 2. The number of ether oxygens (including phenoxy) is 2. The van der Waals surface area contributed by atoms with E-state index < -0.39 is 22.2 Å². The Labute approximate surface area is 271 Å². The van der Waals surface area contributed by atoms with Crippen LogP contribution in [0.3, 0.4) is 0 Å². The van der Waals surface area contributed by atoms with E-state index in [9.17, 15) is 22.7 Å². The predicted molar refractivity (Wildman–Crippen MR) is 167 cm³/mol. The van der Waals surface area contributed by atoms with Gasteiger partial charge in [0.05, 0.1) is 54.5 Å². The third-order valence-electron chi connectivity index (χ3n) is 8.14. The number of imidazole rings is 1. The molecule has 6 rings (SSSR count). The SMILES string of the molecule is COS(=O)(=O)O.N#Cc1ccc(COc2cccc(C3CCN(Cc4nc5ccc(C(=O)O)cc5n4C[C@@H]4CCO4)CC3)n2)c(F)c1. The summed E-state index contributed by atoms with van der Waals surface area (Å²) in [5.74, 6) is 0.222. The van der Waals surface area contributed by atoms with Gasteiger partial charge in [0.25, 0.3) is 0 Å². The quantitative estimate of drug-likeness (QED) is 0.229. The van der Waals surface area contributed by atoms with Crippen molar-refractivity contribution in [2.24, 2.45) is 0 Å². The number of halogens is 1. The summed E-state index contributed by atoms with van der Waals surface area (Å²) in [6.07, 6.45) is 2.96. The van der Waals surface area contributed by atoms with Gasteiger partial charge in [-0.05, 0) is 68.8 Å². The third kappa shape index (κ3) is 8.88. The minimum Gasteiger partial charge on any atom is -0.478 e. The second-order valence-corrected chi connectivity index (χ2v) is 12.4. The van der Waals surface area contributed by atoms with E-state index in [2.05, 4.69) is 13.7 Å². The molecule has 2 aromatic heterocycles. The normalized spacial score (nSPS) is 16.9. The smallest absolute Gasteiger partial charge is 0.397 e. The fourth-order valence-corrected chi connectivity index (χ4v) is 5.47. The van der Waals surface area contributed by atoms with Gasteiger partial charge in [0.2, 0.25) is 5.88 Å². The van der Waals surface area contributed by atoms with Crippen LogP contribution >= 0.6 is 0 Å². The molecule has 2 aliphatic heterocycles. The largest absolute Gasteiger partial charge is 0.478 e. The Morgan fingerprint density at radius 3 is 2.49 bits per heavy atom. The van der Waals surface area contributed by atoms with Crippen LogP contribution in [-0.2, 0) is 39.0 Å². The lowest BCUT2D eigenvalue weighted by Gasteiger charge is -2.32. The van der Waals surface area contributed by atoms with E-state index in [1.165, 1.54) is 6.07 Å². The molecule has 0 bridgehead atoms. The zero-order valence-electron chi connectivity index (χ0n) is 25.6. The highest BCUT2D eigenvalue weighted by Gasteiger charge is 2.26. The molecule has 2 N–H and O–H groups in total. The van der Waals surface area contributed by atoms with E-state index in [4.69, 9.17) is 29.3 Å². The van der Waals surface area contributed by atoms with Crippen LogP contribution in [0, 0.1) is 17.1 Å². The van der Waals surface area contributed by atoms with E-state index in [1.807, 2.05) is 18.2 Å². The Morgan fingerprint density at radius 2 is 1.87 bits per heavy atom. The van der Waals surface area contributed by atoms with Crippen LogP contribution in [0.1, 0.15) is 58.2 Å². The van der Waals surface area contributed by atoms with Crippen LogP contribution in [0.25, 0.3) is 11.0 Å². The van der Waals surface area contributed by atoms with Crippen LogP contribution in [-0.4, -0.2) is 76.4 Å². The van der Waals surface area contributed by atoms with Crippen LogP contribution in [0.2, 0.25) is 0 Å². The monoisotopic (exact) mass is 667 g/mol. The average molecular weight is 668 g/mol. The van der Waals surface area contributed by atoms with Crippen LogP contribution in [0.4, 0.5) is 4.39 Å². The van der Waals surface area contributed by atoms with Crippen molar-refractivity contribution in [1.82, 2.24) is 19.4 Å². The van der Waals surface area contributed by atoms with Crippen molar-refractivity contribution in [3.63, 3.8) is 0 Å². The minimum absolute atomic E-state index is 0.0350.